The molecule has 5 rings (SSSR count). The van der Waals surface area contributed by atoms with Gasteiger partial charge in [-0.3, -0.25) is 14.3 Å². The van der Waals surface area contributed by atoms with Crippen LogP contribution in [-0.4, -0.2) is 51.2 Å². The monoisotopic (exact) mass is 527 g/mol. The van der Waals surface area contributed by atoms with E-state index in [2.05, 4.69) is 0 Å². The summed E-state index contributed by atoms with van der Waals surface area (Å²) < 4.78 is 15.2. The Hall–Kier alpha value is -3.84. The lowest BCUT2D eigenvalue weighted by Gasteiger charge is -2.32. The Balaban J connectivity index is 1.17. The summed E-state index contributed by atoms with van der Waals surface area (Å²) in [5.41, 5.74) is 5.10. The number of likely N-dealkylation sites (tertiary alicyclic amines) is 1. The van der Waals surface area contributed by atoms with Gasteiger partial charge in [0.25, 0.3) is 5.91 Å². The van der Waals surface area contributed by atoms with Gasteiger partial charge in [0.05, 0.1) is 5.52 Å². The van der Waals surface area contributed by atoms with Crippen LogP contribution in [-0.2, 0) is 6.54 Å². The number of ketones is 1. The normalized spacial score (nSPS) is 14.2. The topological polar surface area (TPSA) is 75.4 Å². The predicted octanol–water partition coefficient (Wildman–Crippen LogP) is 6.05. The molecule has 2 heterocycles. The summed E-state index contributed by atoms with van der Waals surface area (Å²) in [7, 11) is 0. The van der Waals surface area contributed by atoms with Gasteiger partial charge in [-0.05, 0) is 91.6 Å². The summed E-state index contributed by atoms with van der Waals surface area (Å²) in [6, 6.07) is 17.6. The fourth-order valence-corrected chi connectivity index (χ4v) is 5.42. The largest absolute Gasteiger partial charge is 0.396 e. The minimum atomic E-state index is -0.267. The molecule has 1 aliphatic rings. The van der Waals surface area contributed by atoms with Crippen LogP contribution in [0, 0.1) is 18.7 Å². The van der Waals surface area contributed by atoms with Crippen molar-refractivity contribution in [2.24, 2.45) is 5.92 Å². The molecule has 1 fully saturated rings. The van der Waals surface area contributed by atoms with E-state index >= 15 is 0 Å². The van der Waals surface area contributed by atoms with Crippen LogP contribution in [0.25, 0.3) is 22.0 Å². The minimum Gasteiger partial charge on any atom is -0.396 e. The van der Waals surface area contributed by atoms with Crippen LogP contribution in [0.2, 0.25) is 0 Å². The molecule has 0 aliphatic carbocycles. The van der Waals surface area contributed by atoms with Crippen LogP contribution < -0.4 is 0 Å². The zero-order valence-corrected chi connectivity index (χ0v) is 22.3. The number of piperidine rings is 1. The highest BCUT2D eigenvalue weighted by Crippen LogP contribution is 2.26. The van der Waals surface area contributed by atoms with Gasteiger partial charge in [-0.2, -0.15) is 5.10 Å². The van der Waals surface area contributed by atoms with Crippen molar-refractivity contribution in [2.45, 2.75) is 45.6 Å². The van der Waals surface area contributed by atoms with Crippen molar-refractivity contribution in [3.63, 3.8) is 0 Å². The molecule has 1 aliphatic heterocycles. The van der Waals surface area contributed by atoms with Gasteiger partial charge in [0.2, 0.25) is 0 Å². The van der Waals surface area contributed by atoms with Crippen LogP contribution in [0.3, 0.4) is 0 Å². The molecule has 6 nitrogen and oxygen atoms in total. The second-order valence-corrected chi connectivity index (χ2v) is 10.4. The van der Waals surface area contributed by atoms with E-state index in [1.54, 1.807) is 12.1 Å². The lowest BCUT2D eigenvalue weighted by atomic mass is 9.96. The number of carbonyl (C=O) groups is 2. The number of amides is 1. The number of Topliss-reactive ketones (excluding diaryl/α,β-unsaturated/α-hetero) is 1. The van der Waals surface area contributed by atoms with E-state index in [9.17, 15) is 14.0 Å². The first-order chi connectivity index (χ1) is 18.9. The summed E-state index contributed by atoms with van der Waals surface area (Å²) in [5.74, 6) is 0.300. The van der Waals surface area contributed by atoms with Gasteiger partial charge in [-0.25, -0.2) is 4.39 Å². The quantitative estimate of drug-likeness (QED) is 0.212. The Morgan fingerprint density at radius 1 is 0.949 bits per heavy atom. The summed E-state index contributed by atoms with van der Waals surface area (Å²) in [5, 5.41) is 14.7. The van der Waals surface area contributed by atoms with Crippen LogP contribution in [0.4, 0.5) is 4.39 Å². The summed E-state index contributed by atoms with van der Waals surface area (Å²) in [4.78, 5) is 27.7. The van der Waals surface area contributed by atoms with Gasteiger partial charge < -0.3 is 10.0 Å². The van der Waals surface area contributed by atoms with E-state index in [-0.39, 0.29) is 24.1 Å². The van der Waals surface area contributed by atoms with E-state index in [0.29, 0.717) is 43.8 Å². The zero-order chi connectivity index (χ0) is 27.4. The number of aromatic nitrogens is 2. The van der Waals surface area contributed by atoms with Gasteiger partial charge in [-0.15, -0.1) is 0 Å². The second-order valence-electron chi connectivity index (χ2n) is 10.4. The van der Waals surface area contributed by atoms with Gasteiger partial charge in [0.15, 0.2) is 5.78 Å². The SMILES string of the molecule is Cc1c(C(=O)CCCCO)ccc2nn(CC3CCN(C(=O)c4ccc(-c5ccc(F)cc5)cc4)CC3)cc12. The average molecular weight is 528 g/mol. The van der Waals surface area contributed by atoms with E-state index in [4.69, 9.17) is 10.2 Å². The summed E-state index contributed by atoms with van der Waals surface area (Å²) in [6.45, 7) is 4.27. The molecule has 1 saturated heterocycles. The first-order valence-electron chi connectivity index (χ1n) is 13.7. The number of hydrogen-bond acceptors (Lipinski definition) is 4. The minimum absolute atomic E-state index is 0.0377. The molecule has 0 radical (unpaired) electrons. The first-order valence-corrected chi connectivity index (χ1v) is 13.7. The number of unbranched alkanes of at least 4 members (excludes halogenated alkanes) is 1. The number of nitrogens with zero attached hydrogens (tertiary/aromatic N) is 3. The van der Waals surface area contributed by atoms with E-state index < -0.39 is 0 Å². The number of fused-ring (bicyclic) bond motifs is 1. The van der Waals surface area contributed by atoms with Crippen LogP contribution in [0.5, 0.6) is 0 Å². The van der Waals surface area contributed by atoms with Crippen molar-refractivity contribution < 1.29 is 19.1 Å². The van der Waals surface area contributed by atoms with Crippen LogP contribution in [0.1, 0.15) is 58.4 Å². The Kier molecular flexibility index (Phi) is 8.17. The van der Waals surface area contributed by atoms with E-state index in [0.717, 1.165) is 52.5 Å². The second kappa shape index (κ2) is 11.9. The molecule has 7 heteroatoms. The fraction of sp³-hybridized carbons (Fsp3) is 0.344. The molecule has 0 unspecified atom stereocenters. The maximum atomic E-state index is 13.2. The zero-order valence-electron chi connectivity index (χ0n) is 22.3. The third-order valence-corrected chi connectivity index (χ3v) is 7.77. The Morgan fingerprint density at radius 2 is 1.62 bits per heavy atom. The van der Waals surface area contributed by atoms with Gasteiger partial charge >= 0.3 is 0 Å². The number of benzene rings is 3. The number of carbonyl (C=O) groups excluding carboxylic acids is 2. The summed E-state index contributed by atoms with van der Waals surface area (Å²) >= 11 is 0. The first kappa shape index (κ1) is 26.8. The third kappa shape index (κ3) is 6.09. The molecule has 0 bridgehead atoms. The van der Waals surface area contributed by atoms with Gasteiger partial charge in [0.1, 0.15) is 5.82 Å². The van der Waals surface area contributed by atoms with Crippen molar-refractivity contribution in [3.05, 3.63) is 89.4 Å². The maximum absolute atomic E-state index is 13.2. The standard InChI is InChI=1S/C32H34FN3O3/c1-22-28(31(38)4-2-3-19-37)13-14-30-29(22)21-36(34-30)20-23-15-17-35(18-16-23)32(39)26-7-5-24(6-8-26)25-9-11-27(33)12-10-25/h5-14,21,23,37H,2-4,15-20H2,1H3. The number of aryl methyl sites for hydroxylation is 1. The predicted molar refractivity (Wildman–Crippen MR) is 150 cm³/mol. The molecular weight excluding hydrogens is 493 g/mol. The number of aliphatic hydroxyl groups is 1. The van der Waals surface area contributed by atoms with Crippen molar-refractivity contribution in [2.75, 3.05) is 19.7 Å². The third-order valence-electron chi connectivity index (χ3n) is 7.77. The lowest BCUT2D eigenvalue weighted by Crippen LogP contribution is -2.39. The molecule has 4 aromatic rings. The Labute approximate surface area is 228 Å². The highest BCUT2D eigenvalue weighted by Gasteiger charge is 2.24. The maximum Gasteiger partial charge on any atom is 0.253 e. The highest BCUT2D eigenvalue weighted by atomic mass is 19.1. The smallest absolute Gasteiger partial charge is 0.253 e. The number of aliphatic hydroxyl groups excluding tert-OH is 1. The molecule has 0 spiro atoms. The Bertz CT molecular complexity index is 1450. The van der Waals surface area contributed by atoms with Crippen molar-refractivity contribution in [3.8, 4) is 11.1 Å². The van der Waals surface area contributed by atoms with Crippen molar-refractivity contribution >= 4 is 22.6 Å². The summed E-state index contributed by atoms with van der Waals surface area (Å²) in [6.07, 6.45) is 5.62. The molecule has 202 valence electrons. The fourth-order valence-electron chi connectivity index (χ4n) is 5.42. The van der Waals surface area contributed by atoms with E-state index in [1.165, 1.54) is 12.1 Å². The number of halogens is 1. The average Bonchev–Trinajstić information content (AvgIpc) is 3.37. The molecule has 39 heavy (non-hydrogen) atoms. The van der Waals surface area contributed by atoms with Crippen molar-refractivity contribution in [1.29, 1.82) is 0 Å². The van der Waals surface area contributed by atoms with Gasteiger partial charge in [-0.1, -0.05) is 24.3 Å². The van der Waals surface area contributed by atoms with Gasteiger partial charge in [0, 0.05) is 55.4 Å². The molecule has 1 amide bonds. The number of hydrogen-bond donors (Lipinski definition) is 1. The highest BCUT2D eigenvalue weighted by molar-refractivity contribution is 6.01. The molecule has 1 N–H and O–H groups in total. The van der Waals surface area contributed by atoms with E-state index in [1.807, 2.05) is 59.1 Å². The molecular formula is C32H34FN3O3. The van der Waals surface area contributed by atoms with Crippen LogP contribution in [0.15, 0.2) is 66.9 Å². The van der Waals surface area contributed by atoms with Crippen molar-refractivity contribution in [1.82, 2.24) is 14.7 Å². The molecule has 0 atom stereocenters. The lowest BCUT2D eigenvalue weighted by molar-refractivity contribution is 0.0681. The Morgan fingerprint density at radius 3 is 2.28 bits per heavy atom. The molecule has 0 saturated carbocycles. The molecule has 1 aromatic heterocycles. The molecule has 3 aromatic carbocycles. The van der Waals surface area contributed by atoms with Crippen LogP contribution >= 0.6 is 0 Å². The number of rotatable bonds is 9.